The van der Waals surface area contributed by atoms with Crippen LogP contribution in [-0.2, 0) is 20.7 Å². The van der Waals surface area contributed by atoms with Gasteiger partial charge in [0.15, 0.2) is 0 Å². The van der Waals surface area contributed by atoms with E-state index in [2.05, 4.69) is 55.5 Å². The Kier molecular flexibility index (Phi) is 6.93. The van der Waals surface area contributed by atoms with Crippen LogP contribution in [0.25, 0.3) is 11.1 Å². The molecule has 1 saturated heterocycles. The molecule has 2 amide bonds. The summed E-state index contributed by atoms with van der Waals surface area (Å²) in [5, 5.41) is 0. The molecule has 2 aromatic carbocycles. The molecular formula is C25H32N2O3. The molecule has 160 valence electrons. The van der Waals surface area contributed by atoms with Crippen LogP contribution in [0.4, 0.5) is 0 Å². The van der Waals surface area contributed by atoms with Crippen LogP contribution >= 0.6 is 0 Å². The van der Waals surface area contributed by atoms with Gasteiger partial charge in [-0.15, -0.1) is 0 Å². The van der Waals surface area contributed by atoms with Gasteiger partial charge in [-0.3, -0.25) is 9.59 Å². The van der Waals surface area contributed by atoms with E-state index in [1.807, 2.05) is 19.0 Å². The molecule has 0 bridgehead atoms. The summed E-state index contributed by atoms with van der Waals surface area (Å²) in [6.07, 6.45) is 2.02. The van der Waals surface area contributed by atoms with Crippen LogP contribution in [0.15, 0.2) is 48.5 Å². The van der Waals surface area contributed by atoms with Gasteiger partial charge in [0.05, 0.1) is 5.41 Å². The summed E-state index contributed by atoms with van der Waals surface area (Å²) in [4.78, 5) is 28.8. The van der Waals surface area contributed by atoms with E-state index in [4.69, 9.17) is 4.74 Å². The van der Waals surface area contributed by atoms with E-state index in [-0.39, 0.29) is 18.4 Å². The molecule has 1 aliphatic rings. The number of carbonyl (C=O) groups excluding carboxylic acids is 2. The van der Waals surface area contributed by atoms with E-state index >= 15 is 0 Å². The maximum atomic E-state index is 13.2. The first-order valence-electron chi connectivity index (χ1n) is 10.5. The van der Waals surface area contributed by atoms with Gasteiger partial charge in [0.25, 0.3) is 0 Å². The van der Waals surface area contributed by atoms with Crippen molar-refractivity contribution in [3.8, 4) is 11.1 Å². The van der Waals surface area contributed by atoms with Crippen molar-refractivity contribution >= 4 is 11.8 Å². The van der Waals surface area contributed by atoms with Gasteiger partial charge in [0, 0.05) is 34.3 Å². The van der Waals surface area contributed by atoms with Gasteiger partial charge in [-0.05, 0) is 42.9 Å². The standard InChI is InChI=1S/C25H32N2O3/c1-19-6-5-7-22(16-19)21-10-8-20(9-11-21)17-25(24(29)26(2)3)12-14-27(15-13-25)23(28)18-30-4/h5-11,16H,12-15,17-18H2,1-4H3. The number of rotatable bonds is 6. The van der Waals surface area contributed by atoms with Crippen LogP contribution < -0.4 is 0 Å². The summed E-state index contributed by atoms with van der Waals surface area (Å²) in [5.41, 5.74) is 4.29. The second-order valence-electron chi connectivity index (χ2n) is 8.54. The summed E-state index contributed by atoms with van der Waals surface area (Å²) >= 11 is 0. The number of hydrogen-bond donors (Lipinski definition) is 0. The lowest BCUT2D eigenvalue weighted by Crippen LogP contribution is -2.51. The van der Waals surface area contributed by atoms with Crippen molar-refractivity contribution in [1.29, 1.82) is 0 Å². The van der Waals surface area contributed by atoms with Crippen molar-refractivity contribution in [2.24, 2.45) is 5.41 Å². The zero-order chi connectivity index (χ0) is 21.7. The van der Waals surface area contributed by atoms with Crippen LogP contribution in [-0.4, -0.2) is 62.5 Å². The molecule has 5 heteroatoms. The number of nitrogens with zero attached hydrogens (tertiary/aromatic N) is 2. The molecule has 0 spiro atoms. The number of likely N-dealkylation sites (tertiary alicyclic amines) is 1. The predicted octanol–water partition coefficient (Wildman–Crippen LogP) is 3.55. The highest BCUT2D eigenvalue weighted by Crippen LogP contribution is 2.37. The lowest BCUT2D eigenvalue weighted by atomic mass is 9.72. The first kappa shape index (κ1) is 22.0. The van der Waals surface area contributed by atoms with Gasteiger partial charge >= 0.3 is 0 Å². The molecular weight excluding hydrogens is 376 g/mol. The van der Waals surface area contributed by atoms with Crippen molar-refractivity contribution in [1.82, 2.24) is 9.80 Å². The van der Waals surface area contributed by atoms with Gasteiger partial charge in [0.1, 0.15) is 6.61 Å². The molecule has 2 aromatic rings. The highest BCUT2D eigenvalue weighted by atomic mass is 16.5. The fourth-order valence-corrected chi connectivity index (χ4v) is 4.37. The number of amides is 2. The summed E-state index contributed by atoms with van der Waals surface area (Å²) in [5.74, 6) is 0.134. The number of aryl methyl sites for hydroxylation is 1. The Morgan fingerprint density at radius 2 is 1.70 bits per heavy atom. The molecule has 0 atom stereocenters. The smallest absolute Gasteiger partial charge is 0.248 e. The van der Waals surface area contributed by atoms with E-state index in [0.717, 1.165) is 5.56 Å². The second kappa shape index (κ2) is 9.43. The maximum absolute atomic E-state index is 13.2. The Bertz CT molecular complexity index is 882. The SMILES string of the molecule is COCC(=O)N1CCC(Cc2ccc(-c3cccc(C)c3)cc2)(C(=O)N(C)C)CC1. The third-order valence-electron chi connectivity index (χ3n) is 6.05. The first-order valence-corrected chi connectivity index (χ1v) is 10.5. The molecule has 0 unspecified atom stereocenters. The minimum absolute atomic E-state index is 0.00842. The molecule has 1 heterocycles. The molecule has 1 aliphatic heterocycles. The molecule has 0 aliphatic carbocycles. The third-order valence-corrected chi connectivity index (χ3v) is 6.05. The molecule has 0 N–H and O–H groups in total. The Labute approximate surface area is 179 Å². The fraction of sp³-hybridized carbons (Fsp3) is 0.440. The average Bonchev–Trinajstić information content (AvgIpc) is 2.74. The first-order chi connectivity index (χ1) is 14.3. The van der Waals surface area contributed by atoms with Gasteiger partial charge < -0.3 is 14.5 Å². The van der Waals surface area contributed by atoms with E-state index in [9.17, 15) is 9.59 Å². The average molecular weight is 409 g/mol. The number of piperidine rings is 1. The number of methoxy groups -OCH3 is 1. The lowest BCUT2D eigenvalue weighted by Gasteiger charge is -2.42. The van der Waals surface area contributed by atoms with E-state index < -0.39 is 5.41 Å². The van der Waals surface area contributed by atoms with Gasteiger partial charge in [-0.2, -0.15) is 0 Å². The number of hydrogen-bond acceptors (Lipinski definition) is 3. The van der Waals surface area contributed by atoms with Crippen molar-refractivity contribution in [2.75, 3.05) is 40.9 Å². The molecule has 0 saturated carbocycles. The second-order valence-corrected chi connectivity index (χ2v) is 8.54. The monoisotopic (exact) mass is 408 g/mol. The van der Waals surface area contributed by atoms with Gasteiger partial charge in [-0.25, -0.2) is 0 Å². The van der Waals surface area contributed by atoms with Gasteiger partial charge in [-0.1, -0.05) is 54.1 Å². The Morgan fingerprint density at radius 3 is 2.27 bits per heavy atom. The maximum Gasteiger partial charge on any atom is 0.248 e. The molecule has 5 nitrogen and oxygen atoms in total. The number of carbonyl (C=O) groups is 2. The normalized spacial score (nSPS) is 15.7. The highest BCUT2D eigenvalue weighted by molar-refractivity contribution is 5.84. The van der Waals surface area contributed by atoms with Crippen LogP contribution in [0.5, 0.6) is 0 Å². The van der Waals surface area contributed by atoms with E-state index in [1.54, 1.807) is 4.90 Å². The summed E-state index contributed by atoms with van der Waals surface area (Å²) in [6.45, 7) is 3.36. The summed E-state index contributed by atoms with van der Waals surface area (Å²) in [6, 6.07) is 17.0. The Morgan fingerprint density at radius 1 is 1.03 bits per heavy atom. The Balaban J connectivity index is 1.78. The Hall–Kier alpha value is -2.66. The van der Waals surface area contributed by atoms with Crippen LogP contribution in [0.2, 0.25) is 0 Å². The van der Waals surface area contributed by atoms with Crippen molar-refractivity contribution in [3.05, 3.63) is 59.7 Å². The predicted molar refractivity (Wildman–Crippen MR) is 119 cm³/mol. The van der Waals surface area contributed by atoms with Gasteiger partial charge in [0.2, 0.25) is 11.8 Å². The quantitative estimate of drug-likeness (QED) is 0.735. The molecule has 0 aromatic heterocycles. The zero-order valence-corrected chi connectivity index (χ0v) is 18.5. The minimum atomic E-state index is -0.474. The number of benzene rings is 2. The van der Waals surface area contributed by atoms with Crippen LogP contribution in [0.3, 0.4) is 0 Å². The fourth-order valence-electron chi connectivity index (χ4n) is 4.37. The van der Waals surface area contributed by atoms with E-state index in [0.29, 0.717) is 32.4 Å². The van der Waals surface area contributed by atoms with Crippen LogP contribution in [0, 0.1) is 12.3 Å². The molecule has 3 rings (SSSR count). The van der Waals surface area contributed by atoms with Crippen molar-refractivity contribution in [3.63, 3.8) is 0 Å². The molecule has 1 fully saturated rings. The largest absolute Gasteiger partial charge is 0.375 e. The topological polar surface area (TPSA) is 49.9 Å². The van der Waals surface area contributed by atoms with Crippen molar-refractivity contribution in [2.45, 2.75) is 26.2 Å². The number of ether oxygens (including phenoxy) is 1. The highest BCUT2D eigenvalue weighted by Gasteiger charge is 2.43. The van der Waals surface area contributed by atoms with E-state index in [1.165, 1.54) is 23.8 Å². The molecule has 30 heavy (non-hydrogen) atoms. The minimum Gasteiger partial charge on any atom is -0.375 e. The third kappa shape index (κ3) is 4.90. The summed E-state index contributed by atoms with van der Waals surface area (Å²) < 4.78 is 4.98. The van der Waals surface area contributed by atoms with Crippen molar-refractivity contribution < 1.29 is 14.3 Å². The van der Waals surface area contributed by atoms with Crippen LogP contribution in [0.1, 0.15) is 24.0 Å². The molecule has 0 radical (unpaired) electrons. The summed E-state index contributed by atoms with van der Waals surface area (Å²) in [7, 11) is 5.16. The zero-order valence-electron chi connectivity index (χ0n) is 18.5. The lowest BCUT2D eigenvalue weighted by molar-refractivity contribution is -0.147.